The van der Waals surface area contributed by atoms with Gasteiger partial charge in [-0.2, -0.15) is 0 Å². The highest BCUT2D eigenvalue weighted by Crippen LogP contribution is 2.35. The third-order valence-electron chi connectivity index (χ3n) is 5.77. The van der Waals surface area contributed by atoms with Crippen LogP contribution in [0.4, 0.5) is 16.2 Å². The summed E-state index contributed by atoms with van der Waals surface area (Å²) in [7, 11) is 0. The Kier molecular flexibility index (Phi) is 6.83. The van der Waals surface area contributed by atoms with Gasteiger partial charge < -0.3 is 15.4 Å². The molecule has 3 unspecified atom stereocenters. The number of carbonyl (C=O) groups excluding carboxylic acids is 2. The van der Waals surface area contributed by atoms with Crippen LogP contribution in [0, 0.1) is 17.8 Å². The lowest BCUT2D eigenvalue weighted by Gasteiger charge is -2.37. The molecule has 2 N–H and O–H groups in total. The first-order valence-electron chi connectivity index (χ1n) is 10.1. The van der Waals surface area contributed by atoms with Crippen LogP contribution in [0.15, 0.2) is 18.2 Å². The molecule has 1 aromatic rings. The zero-order chi connectivity index (χ0) is 20.3. The number of urea groups is 1. The minimum atomic E-state index is -0.195. The molecule has 7 heteroatoms. The fourth-order valence-corrected chi connectivity index (χ4v) is 4.40. The van der Waals surface area contributed by atoms with Crippen LogP contribution in [-0.2, 0) is 9.53 Å². The number of ether oxygens (including phenoxy) is 1. The summed E-state index contributed by atoms with van der Waals surface area (Å²) in [6, 6.07) is 4.97. The number of anilines is 2. The molecule has 2 fully saturated rings. The van der Waals surface area contributed by atoms with Crippen molar-refractivity contribution >= 4 is 34.9 Å². The zero-order valence-electron chi connectivity index (χ0n) is 16.8. The fourth-order valence-electron chi connectivity index (χ4n) is 4.18. The van der Waals surface area contributed by atoms with Crippen molar-refractivity contribution in [3.63, 3.8) is 0 Å². The summed E-state index contributed by atoms with van der Waals surface area (Å²) in [5.41, 5.74) is 1.20. The number of carbonyl (C=O) groups is 2. The molecule has 1 aliphatic carbocycles. The number of halogens is 1. The number of amides is 3. The Hall–Kier alpha value is -1.79. The normalized spacial score (nSPS) is 25.1. The molecule has 1 aromatic carbocycles. The topological polar surface area (TPSA) is 70.7 Å². The molecule has 0 aromatic heterocycles. The molecule has 0 spiro atoms. The molecule has 6 nitrogen and oxygen atoms in total. The average Bonchev–Trinajstić information content (AvgIpc) is 3.07. The van der Waals surface area contributed by atoms with Gasteiger partial charge >= 0.3 is 6.03 Å². The monoisotopic (exact) mass is 407 g/mol. The van der Waals surface area contributed by atoms with Crippen LogP contribution in [0.5, 0.6) is 0 Å². The Balaban J connectivity index is 1.59. The molecule has 2 aliphatic rings. The van der Waals surface area contributed by atoms with Gasteiger partial charge in [-0.3, -0.25) is 9.69 Å². The van der Waals surface area contributed by atoms with Gasteiger partial charge in [0.2, 0.25) is 5.91 Å². The lowest BCUT2D eigenvalue weighted by atomic mass is 9.75. The summed E-state index contributed by atoms with van der Waals surface area (Å²) in [5, 5.41) is 6.09. The molecular weight excluding hydrogens is 378 g/mol. The maximum Gasteiger partial charge on any atom is 0.322 e. The highest BCUT2D eigenvalue weighted by molar-refractivity contribution is 6.34. The first kappa shape index (κ1) is 20.9. The van der Waals surface area contributed by atoms with Gasteiger partial charge in [0.15, 0.2) is 0 Å². The smallest absolute Gasteiger partial charge is 0.322 e. The Morgan fingerprint density at radius 2 is 2.18 bits per heavy atom. The van der Waals surface area contributed by atoms with E-state index in [1.165, 1.54) is 6.42 Å². The van der Waals surface area contributed by atoms with Gasteiger partial charge in [0.25, 0.3) is 0 Å². The van der Waals surface area contributed by atoms with Gasteiger partial charge in [-0.05, 0) is 48.8 Å². The predicted molar refractivity (Wildman–Crippen MR) is 112 cm³/mol. The van der Waals surface area contributed by atoms with Gasteiger partial charge in [-0.15, -0.1) is 0 Å². The third kappa shape index (κ3) is 4.97. The van der Waals surface area contributed by atoms with E-state index in [9.17, 15) is 9.59 Å². The maximum atomic E-state index is 12.4. The van der Waals surface area contributed by atoms with E-state index in [0.717, 1.165) is 12.8 Å². The van der Waals surface area contributed by atoms with Crippen LogP contribution in [0.2, 0.25) is 5.02 Å². The molecule has 0 bridgehead atoms. The summed E-state index contributed by atoms with van der Waals surface area (Å²) in [6.07, 6.45) is 3.52. The Morgan fingerprint density at radius 3 is 2.86 bits per heavy atom. The molecule has 1 saturated carbocycles. The number of benzene rings is 1. The first-order valence-corrected chi connectivity index (χ1v) is 10.5. The lowest BCUT2D eigenvalue weighted by molar-refractivity contribution is -0.126. The first-order chi connectivity index (χ1) is 13.3. The molecule has 1 saturated heterocycles. The van der Waals surface area contributed by atoms with Gasteiger partial charge in [0.1, 0.15) is 6.61 Å². The number of hydrogen-bond donors (Lipinski definition) is 2. The molecule has 1 aliphatic heterocycles. The van der Waals surface area contributed by atoms with Crippen molar-refractivity contribution in [3.8, 4) is 0 Å². The highest BCUT2D eigenvalue weighted by Gasteiger charge is 2.31. The van der Waals surface area contributed by atoms with Crippen LogP contribution in [0.1, 0.15) is 40.0 Å². The molecule has 1 heterocycles. The minimum Gasteiger partial charge on any atom is -0.368 e. The van der Waals surface area contributed by atoms with Gasteiger partial charge in [-0.1, -0.05) is 38.8 Å². The van der Waals surface area contributed by atoms with Crippen LogP contribution in [0.3, 0.4) is 0 Å². The SMILES string of the molecule is CC1CCC(C(C)C)C(OCC(=O)Nc2ccc(Cl)c(N3CCNC3=O)c2)C1. The summed E-state index contributed by atoms with van der Waals surface area (Å²) in [4.78, 5) is 25.9. The van der Waals surface area contributed by atoms with Crippen LogP contribution in [0.25, 0.3) is 0 Å². The van der Waals surface area contributed by atoms with E-state index in [2.05, 4.69) is 31.4 Å². The van der Waals surface area contributed by atoms with Gasteiger partial charge in [0.05, 0.1) is 16.8 Å². The van der Waals surface area contributed by atoms with Crippen molar-refractivity contribution in [2.75, 3.05) is 29.9 Å². The highest BCUT2D eigenvalue weighted by atomic mass is 35.5. The second-order valence-electron chi connectivity index (χ2n) is 8.27. The molecule has 28 heavy (non-hydrogen) atoms. The molecule has 3 amide bonds. The Labute approximate surface area is 171 Å². The maximum absolute atomic E-state index is 12.4. The number of rotatable bonds is 6. The molecule has 3 atom stereocenters. The zero-order valence-corrected chi connectivity index (χ0v) is 17.6. The molecule has 154 valence electrons. The summed E-state index contributed by atoms with van der Waals surface area (Å²) < 4.78 is 6.02. The van der Waals surface area contributed by atoms with Crippen molar-refractivity contribution in [2.45, 2.75) is 46.1 Å². The summed E-state index contributed by atoms with van der Waals surface area (Å²) in [5.74, 6) is 1.49. The van der Waals surface area contributed by atoms with Crippen LogP contribution >= 0.6 is 11.6 Å². The second-order valence-corrected chi connectivity index (χ2v) is 8.68. The summed E-state index contributed by atoms with van der Waals surface area (Å²) in [6.45, 7) is 7.85. The van der Waals surface area contributed by atoms with E-state index in [4.69, 9.17) is 16.3 Å². The average molecular weight is 408 g/mol. The fraction of sp³-hybridized carbons (Fsp3) is 0.619. The minimum absolute atomic E-state index is 0.0305. The van der Waals surface area contributed by atoms with Crippen molar-refractivity contribution in [1.29, 1.82) is 0 Å². The van der Waals surface area contributed by atoms with Crippen molar-refractivity contribution in [3.05, 3.63) is 23.2 Å². The Bertz CT molecular complexity index is 725. The quantitative estimate of drug-likeness (QED) is 0.739. The number of nitrogens with one attached hydrogen (secondary N) is 2. The number of nitrogens with zero attached hydrogens (tertiary/aromatic N) is 1. The number of hydrogen-bond acceptors (Lipinski definition) is 3. The molecule has 3 rings (SSSR count). The van der Waals surface area contributed by atoms with Gasteiger partial charge in [0, 0.05) is 18.8 Å². The van der Waals surface area contributed by atoms with Crippen LogP contribution in [-0.4, -0.2) is 37.7 Å². The van der Waals surface area contributed by atoms with E-state index < -0.39 is 0 Å². The summed E-state index contributed by atoms with van der Waals surface area (Å²) >= 11 is 6.24. The largest absolute Gasteiger partial charge is 0.368 e. The van der Waals surface area contributed by atoms with E-state index in [1.807, 2.05) is 0 Å². The lowest BCUT2D eigenvalue weighted by Crippen LogP contribution is -2.36. The molecular formula is C21H30ClN3O3. The second kappa shape index (κ2) is 9.14. The third-order valence-corrected chi connectivity index (χ3v) is 6.09. The van der Waals surface area contributed by atoms with Crippen molar-refractivity contribution in [2.24, 2.45) is 17.8 Å². The van der Waals surface area contributed by atoms with E-state index in [-0.39, 0.29) is 24.6 Å². The van der Waals surface area contributed by atoms with E-state index in [0.29, 0.717) is 47.2 Å². The van der Waals surface area contributed by atoms with E-state index >= 15 is 0 Å². The van der Waals surface area contributed by atoms with E-state index in [1.54, 1.807) is 23.1 Å². The van der Waals surface area contributed by atoms with Crippen LogP contribution < -0.4 is 15.5 Å². The van der Waals surface area contributed by atoms with Crippen molar-refractivity contribution in [1.82, 2.24) is 5.32 Å². The van der Waals surface area contributed by atoms with Crippen molar-refractivity contribution < 1.29 is 14.3 Å². The van der Waals surface area contributed by atoms with Gasteiger partial charge in [-0.25, -0.2) is 4.79 Å². The standard InChI is InChI=1S/C21H30ClN3O3/c1-13(2)16-6-4-14(3)10-19(16)28-12-20(26)24-15-5-7-17(22)18(11-15)25-9-8-23-21(25)27/h5,7,11,13-14,16,19H,4,6,8-10,12H2,1-3H3,(H,23,27)(H,24,26). The Morgan fingerprint density at radius 1 is 1.39 bits per heavy atom. The molecule has 0 radical (unpaired) electrons. The predicted octanol–water partition coefficient (Wildman–Crippen LogP) is 4.29.